The van der Waals surface area contributed by atoms with Gasteiger partial charge >= 0.3 is 0 Å². The molecule has 0 saturated heterocycles. The van der Waals surface area contributed by atoms with Crippen LogP contribution < -0.4 is 0 Å². The van der Waals surface area contributed by atoms with E-state index in [0.29, 0.717) is 11.8 Å². The smallest absolute Gasteiger partial charge is 0.246 e. The van der Waals surface area contributed by atoms with Crippen LogP contribution in [0.2, 0.25) is 0 Å². The largest absolute Gasteiger partial charge is 0.392 e. The van der Waals surface area contributed by atoms with E-state index < -0.39 is 35.4 Å². The van der Waals surface area contributed by atoms with Crippen LogP contribution >= 0.6 is 0 Å². The van der Waals surface area contributed by atoms with E-state index in [0.717, 1.165) is 38.5 Å². The van der Waals surface area contributed by atoms with Gasteiger partial charge in [0.25, 0.3) is 0 Å². The van der Waals surface area contributed by atoms with Gasteiger partial charge in [0.15, 0.2) is 0 Å². The Kier molecular flexibility index (Phi) is 6.96. The van der Waals surface area contributed by atoms with Gasteiger partial charge in [-0.1, -0.05) is 64.3 Å². The van der Waals surface area contributed by atoms with Gasteiger partial charge in [0.05, 0.1) is 18.1 Å². The van der Waals surface area contributed by atoms with Crippen molar-refractivity contribution >= 4 is 0 Å². The zero-order chi connectivity index (χ0) is 26.1. The Labute approximate surface area is 212 Å². The zero-order valence-corrected chi connectivity index (χ0v) is 23.4. The van der Waals surface area contributed by atoms with Crippen molar-refractivity contribution in [3.63, 3.8) is 0 Å². The molecular weight excluding hydrogens is 442 g/mol. The lowest BCUT2D eigenvalue weighted by molar-refractivity contribution is -0.220. The van der Waals surface area contributed by atoms with E-state index in [4.69, 9.17) is 0 Å². The third kappa shape index (κ3) is 3.74. The standard InChI is InChI=1S/C31H50F2O2/c1-18(2)10-9-11-19(3)20-14-16-30(7)21-12-13-23-28(4,5)25(34)24(27(32)33)26(35)31(23,8)22(21)15-17-29(20,30)6/h10,19-20,23-27,34-35H,9,11-17H2,1-8H3/t19-,20-,23?,24?,25+,26?,29-,30+,31-/m1/s1. The van der Waals surface area contributed by atoms with Crippen LogP contribution in [-0.2, 0) is 0 Å². The van der Waals surface area contributed by atoms with E-state index >= 15 is 0 Å². The molecule has 0 aromatic rings. The molecule has 2 nitrogen and oxygen atoms in total. The predicted octanol–water partition coefficient (Wildman–Crippen LogP) is 7.94. The summed E-state index contributed by atoms with van der Waals surface area (Å²) >= 11 is 0. The van der Waals surface area contributed by atoms with E-state index in [9.17, 15) is 19.0 Å². The van der Waals surface area contributed by atoms with Gasteiger partial charge in [0.1, 0.15) is 0 Å². The quantitative estimate of drug-likeness (QED) is 0.382. The lowest BCUT2D eigenvalue weighted by Gasteiger charge is -2.64. The maximum atomic E-state index is 14.2. The first-order valence-electron chi connectivity index (χ1n) is 14.1. The van der Waals surface area contributed by atoms with Gasteiger partial charge in [0.2, 0.25) is 6.43 Å². The maximum absolute atomic E-state index is 14.2. The summed E-state index contributed by atoms with van der Waals surface area (Å²) in [5.41, 5.74) is 3.04. The number of hydrogen-bond acceptors (Lipinski definition) is 2. The summed E-state index contributed by atoms with van der Waals surface area (Å²) < 4.78 is 28.4. The fourth-order valence-electron chi connectivity index (χ4n) is 9.93. The minimum absolute atomic E-state index is 0.00176. The van der Waals surface area contributed by atoms with E-state index in [1.807, 2.05) is 13.8 Å². The van der Waals surface area contributed by atoms with Crippen molar-refractivity contribution < 1.29 is 19.0 Å². The molecule has 35 heavy (non-hydrogen) atoms. The molecule has 0 radical (unpaired) electrons. The van der Waals surface area contributed by atoms with Crippen LogP contribution in [0.4, 0.5) is 8.78 Å². The fourth-order valence-corrected chi connectivity index (χ4v) is 9.93. The molecule has 4 aliphatic rings. The van der Waals surface area contributed by atoms with Gasteiger partial charge in [-0.15, -0.1) is 0 Å². The molecular formula is C31H50F2O2. The Morgan fingerprint density at radius 1 is 0.971 bits per heavy atom. The number of allylic oxidation sites excluding steroid dienone is 3. The van der Waals surface area contributed by atoms with Crippen molar-refractivity contribution in [2.45, 2.75) is 125 Å². The topological polar surface area (TPSA) is 40.5 Å². The molecule has 0 aromatic carbocycles. The van der Waals surface area contributed by atoms with Gasteiger partial charge in [-0.2, -0.15) is 0 Å². The van der Waals surface area contributed by atoms with Crippen LogP contribution in [0.3, 0.4) is 0 Å². The third-order valence-corrected chi connectivity index (χ3v) is 12.2. The van der Waals surface area contributed by atoms with Gasteiger partial charge in [-0.3, -0.25) is 0 Å². The van der Waals surface area contributed by atoms with Crippen LogP contribution in [-0.4, -0.2) is 28.8 Å². The molecule has 0 aliphatic heterocycles. The van der Waals surface area contributed by atoms with E-state index in [2.05, 4.69) is 47.6 Å². The van der Waals surface area contributed by atoms with Crippen molar-refractivity contribution in [1.82, 2.24) is 0 Å². The highest BCUT2D eigenvalue weighted by Crippen LogP contribution is 2.73. The molecule has 4 aliphatic carbocycles. The highest BCUT2D eigenvalue weighted by Gasteiger charge is 2.67. The average Bonchev–Trinajstić information content (AvgIpc) is 3.04. The average molecular weight is 493 g/mol. The summed E-state index contributed by atoms with van der Waals surface area (Å²) in [6.45, 7) is 17.7. The van der Waals surface area contributed by atoms with Crippen LogP contribution in [0.5, 0.6) is 0 Å². The summed E-state index contributed by atoms with van der Waals surface area (Å²) in [5, 5.41) is 22.5. The molecule has 0 bridgehead atoms. The third-order valence-electron chi connectivity index (χ3n) is 12.2. The van der Waals surface area contributed by atoms with Crippen LogP contribution in [0.15, 0.2) is 22.8 Å². The van der Waals surface area contributed by atoms with Crippen molar-refractivity contribution in [2.75, 3.05) is 0 Å². The summed E-state index contributed by atoms with van der Waals surface area (Å²) in [5.74, 6) is -0.0717. The highest BCUT2D eigenvalue weighted by atomic mass is 19.3. The molecule has 0 aromatic heterocycles. The number of alkyl halides is 2. The first kappa shape index (κ1) is 27.3. The van der Waals surface area contributed by atoms with E-state index in [1.54, 1.807) is 0 Å². The zero-order valence-electron chi connectivity index (χ0n) is 23.4. The van der Waals surface area contributed by atoms with Crippen molar-refractivity contribution in [2.24, 2.45) is 45.3 Å². The van der Waals surface area contributed by atoms with E-state index in [1.165, 1.54) is 29.6 Å². The van der Waals surface area contributed by atoms with Crippen LogP contribution in [0.25, 0.3) is 0 Å². The molecule has 2 saturated carbocycles. The fraction of sp³-hybridized carbons (Fsp3) is 0.871. The summed E-state index contributed by atoms with van der Waals surface area (Å²) in [6.07, 6.45) is 5.75. The van der Waals surface area contributed by atoms with Crippen molar-refractivity contribution in [3.8, 4) is 0 Å². The molecule has 200 valence electrons. The van der Waals surface area contributed by atoms with E-state index in [-0.39, 0.29) is 16.7 Å². The molecule has 0 heterocycles. The lowest BCUT2D eigenvalue weighted by Crippen LogP contribution is -2.65. The molecule has 2 N–H and O–H groups in total. The number of aliphatic hydroxyl groups is 2. The van der Waals surface area contributed by atoms with Crippen molar-refractivity contribution in [3.05, 3.63) is 22.8 Å². The number of halogens is 2. The highest BCUT2D eigenvalue weighted by molar-refractivity contribution is 5.40. The van der Waals surface area contributed by atoms with Crippen molar-refractivity contribution in [1.29, 1.82) is 0 Å². The Morgan fingerprint density at radius 3 is 2.23 bits per heavy atom. The Balaban J connectivity index is 1.73. The SMILES string of the molecule is CC(C)=CCC[C@@H](C)[C@H]1CC[C@@]2(C)C3=C(CC[C@]12C)[C@@]1(C)C(O)C(C(F)F)[C@H](O)C(C)(C)C1CC3. The van der Waals surface area contributed by atoms with Crippen LogP contribution in [0.1, 0.15) is 107 Å². The maximum Gasteiger partial charge on any atom is 0.246 e. The molecule has 3 unspecified atom stereocenters. The lowest BCUT2D eigenvalue weighted by atomic mass is 9.41. The second kappa shape index (κ2) is 8.93. The molecule has 4 rings (SSSR count). The predicted molar refractivity (Wildman–Crippen MR) is 139 cm³/mol. The number of rotatable bonds is 5. The normalized spacial score (nSPS) is 45.6. The first-order chi connectivity index (χ1) is 16.1. The molecule has 4 heteroatoms. The Hall–Kier alpha value is -0.740. The second-order valence-electron chi connectivity index (χ2n) is 14.2. The minimum atomic E-state index is -2.73. The molecule has 9 atom stereocenters. The number of aliphatic hydroxyl groups excluding tert-OH is 2. The van der Waals surface area contributed by atoms with Gasteiger partial charge in [-0.05, 0) is 99.2 Å². The Bertz CT molecular complexity index is 886. The molecule has 2 fully saturated rings. The Morgan fingerprint density at radius 2 is 1.63 bits per heavy atom. The van der Waals surface area contributed by atoms with Crippen LogP contribution in [0, 0.1) is 45.3 Å². The summed E-state index contributed by atoms with van der Waals surface area (Å²) in [4.78, 5) is 0. The monoisotopic (exact) mass is 492 g/mol. The summed E-state index contributed by atoms with van der Waals surface area (Å²) in [6, 6.07) is 0. The number of fused-ring (bicyclic) bond motifs is 4. The second-order valence-corrected chi connectivity index (χ2v) is 14.2. The molecule has 0 amide bonds. The first-order valence-corrected chi connectivity index (χ1v) is 14.1. The van der Waals surface area contributed by atoms with Gasteiger partial charge < -0.3 is 10.2 Å². The van der Waals surface area contributed by atoms with Gasteiger partial charge in [0, 0.05) is 5.41 Å². The summed E-state index contributed by atoms with van der Waals surface area (Å²) in [7, 11) is 0. The van der Waals surface area contributed by atoms with Gasteiger partial charge in [-0.25, -0.2) is 8.78 Å². The minimum Gasteiger partial charge on any atom is -0.392 e. The molecule has 0 spiro atoms. The number of hydrogen-bond donors (Lipinski definition) is 2.